The Balaban J connectivity index is 0.000000296. The predicted molar refractivity (Wildman–Crippen MR) is 175 cm³/mol. The van der Waals surface area contributed by atoms with Crippen molar-refractivity contribution in [3.63, 3.8) is 0 Å². The van der Waals surface area contributed by atoms with Gasteiger partial charge in [0.15, 0.2) is 5.60 Å². The van der Waals surface area contributed by atoms with Gasteiger partial charge in [0.1, 0.15) is 6.04 Å². The van der Waals surface area contributed by atoms with Crippen molar-refractivity contribution < 1.29 is 44.4 Å². The number of rotatable bonds is 10. The van der Waals surface area contributed by atoms with Crippen molar-refractivity contribution in [3.8, 4) is 0 Å². The number of fused-ring (bicyclic) bond motifs is 3. The van der Waals surface area contributed by atoms with E-state index in [1.165, 1.54) is 31.2 Å². The first-order valence-corrected chi connectivity index (χ1v) is 16.5. The van der Waals surface area contributed by atoms with Gasteiger partial charge in [-0.1, -0.05) is 42.5 Å². The molecule has 2 atom stereocenters. The Bertz CT molecular complexity index is 1520. The Labute approximate surface area is 278 Å². The third-order valence-electron chi connectivity index (χ3n) is 10.2. The van der Waals surface area contributed by atoms with E-state index in [-0.39, 0.29) is 17.9 Å². The minimum Gasteiger partial charge on any atom is -0.481 e. The summed E-state index contributed by atoms with van der Waals surface area (Å²) in [4.78, 5) is 61.4. The number of carboxylic acid groups (broad SMARTS) is 3. The Morgan fingerprint density at radius 1 is 0.896 bits per heavy atom. The summed E-state index contributed by atoms with van der Waals surface area (Å²) in [6.07, 6.45) is 4.51. The molecule has 0 saturated carbocycles. The van der Waals surface area contributed by atoms with Crippen LogP contribution in [-0.2, 0) is 42.2 Å². The summed E-state index contributed by atoms with van der Waals surface area (Å²) in [5.41, 5.74) is 2.69. The second kappa shape index (κ2) is 14.8. The largest absolute Gasteiger partial charge is 0.481 e. The number of carbonyl (C=O) groups is 5. The molecule has 13 nitrogen and oxygen atoms in total. The van der Waals surface area contributed by atoms with Gasteiger partial charge in [0, 0.05) is 37.7 Å². The van der Waals surface area contributed by atoms with Crippen molar-refractivity contribution in [2.24, 2.45) is 0 Å². The van der Waals surface area contributed by atoms with Gasteiger partial charge >= 0.3 is 17.9 Å². The van der Waals surface area contributed by atoms with Crippen LogP contribution in [0.3, 0.4) is 0 Å². The molecule has 48 heavy (non-hydrogen) atoms. The number of para-hydroxylation sites is 1. The molecule has 4 aliphatic rings. The van der Waals surface area contributed by atoms with Gasteiger partial charge in [-0.05, 0) is 79.9 Å². The summed E-state index contributed by atoms with van der Waals surface area (Å²) in [7, 11) is 0. The fourth-order valence-electron chi connectivity index (χ4n) is 7.56. The van der Waals surface area contributed by atoms with Crippen LogP contribution in [0.4, 0.5) is 5.69 Å². The van der Waals surface area contributed by atoms with E-state index in [1.54, 1.807) is 10.5 Å². The van der Waals surface area contributed by atoms with E-state index in [4.69, 9.17) is 20.4 Å². The standard InChI is InChI=1S/C29H36N4O2.C6H8O7/c34-27(11-16-32-17-13-29(14-18-32)12-9-21-5-1-3-7-24(21)29)33-25-8-4-2-6-22(25)19-26(33)28(35)31-23-10-15-30-20-23;7-3(8)1-6(13,5(11)12)2-4(9)10/h1-8,23,26,30H,9-20H2,(H,31,35);13H,1-2H2,(H,7,8)(H,9,10)(H,11,12)/t23-,26-;/m0./s1. The predicted octanol–water partition coefficient (Wildman–Crippen LogP) is 1.54. The number of hydrogen-bond acceptors (Lipinski definition) is 8. The first-order chi connectivity index (χ1) is 22.9. The number of amides is 2. The Kier molecular flexibility index (Phi) is 10.8. The van der Waals surface area contributed by atoms with E-state index in [2.05, 4.69) is 39.8 Å². The van der Waals surface area contributed by atoms with E-state index < -0.39 is 42.4 Å². The number of carbonyl (C=O) groups excluding carboxylic acids is 2. The molecule has 6 rings (SSSR count). The SMILES string of the molecule is O=C(N[C@H]1CCNC1)[C@@H]1Cc2ccccc2N1C(=O)CCN1CCC2(CCc3ccccc32)CC1.O=C(O)CC(O)(CC(=O)O)C(=O)O. The first-order valence-electron chi connectivity index (χ1n) is 16.5. The lowest BCUT2D eigenvalue weighted by molar-refractivity contribution is -0.170. The maximum atomic E-state index is 13.5. The number of likely N-dealkylation sites (tertiary alicyclic amines) is 1. The molecule has 2 aromatic rings. The first kappa shape index (κ1) is 35.0. The van der Waals surface area contributed by atoms with E-state index in [0.717, 1.165) is 50.4 Å². The van der Waals surface area contributed by atoms with Crippen molar-refractivity contribution in [2.75, 3.05) is 37.6 Å². The number of hydrogen-bond donors (Lipinski definition) is 6. The summed E-state index contributed by atoms with van der Waals surface area (Å²) in [6, 6.07) is 16.7. The highest BCUT2D eigenvalue weighted by Gasteiger charge is 2.43. The molecule has 2 saturated heterocycles. The van der Waals surface area contributed by atoms with Crippen LogP contribution in [-0.4, -0.2) is 105 Å². The van der Waals surface area contributed by atoms with Gasteiger partial charge in [0.2, 0.25) is 11.8 Å². The molecule has 0 unspecified atom stereocenters. The molecule has 2 amide bonds. The van der Waals surface area contributed by atoms with Gasteiger partial charge in [-0.3, -0.25) is 24.1 Å². The monoisotopic (exact) mass is 664 g/mol. The van der Waals surface area contributed by atoms with Crippen LogP contribution >= 0.6 is 0 Å². The minimum atomic E-state index is -2.74. The third kappa shape index (κ3) is 7.86. The smallest absolute Gasteiger partial charge is 0.336 e. The Morgan fingerprint density at radius 3 is 2.17 bits per heavy atom. The number of benzene rings is 2. The van der Waals surface area contributed by atoms with Crippen LogP contribution in [0.2, 0.25) is 0 Å². The van der Waals surface area contributed by atoms with Crippen LogP contribution in [0.15, 0.2) is 48.5 Å². The van der Waals surface area contributed by atoms with Crippen molar-refractivity contribution in [2.45, 2.75) is 80.9 Å². The lowest BCUT2D eigenvalue weighted by Gasteiger charge is -2.40. The molecule has 258 valence electrons. The number of anilines is 1. The average molecular weight is 665 g/mol. The third-order valence-corrected chi connectivity index (χ3v) is 10.2. The van der Waals surface area contributed by atoms with E-state index >= 15 is 0 Å². The molecule has 2 aromatic carbocycles. The molecule has 1 aliphatic carbocycles. The van der Waals surface area contributed by atoms with Crippen molar-refractivity contribution in [1.29, 1.82) is 0 Å². The number of nitrogens with zero attached hydrogens (tertiary/aromatic N) is 2. The van der Waals surface area contributed by atoms with Crippen LogP contribution < -0.4 is 15.5 Å². The summed E-state index contributed by atoms with van der Waals surface area (Å²) in [5, 5.41) is 40.3. The number of piperidine rings is 1. The molecule has 3 heterocycles. The summed E-state index contributed by atoms with van der Waals surface area (Å²) in [5.74, 6) is -4.98. The van der Waals surface area contributed by atoms with E-state index in [9.17, 15) is 24.0 Å². The van der Waals surface area contributed by atoms with E-state index in [1.807, 2.05) is 24.3 Å². The molecular formula is C35H44N4O9. The van der Waals surface area contributed by atoms with Crippen LogP contribution in [0.5, 0.6) is 0 Å². The van der Waals surface area contributed by atoms with Gasteiger partial charge in [0.25, 0.3) is 0 Å². The second-order valence-corrected chi connectivity index (χ2v) is 13.3. The summed E-state index contributed by atoms with van der Waals surface area (Å²) >= 11 is 0. The zero-order valence-electron chi connectivity index (χ0n) is 26.9. The van der Waals surface area contributed by atoms with Crippen LogP contribution in [0.1, 0.15) is 61.6 Å². The van der Waals surface area contributed by atoms with Crippen LogP contribution in [0, 0.1) is 0 Å². The average Bonchev–Trinajstić information content (AvgIpc) is 3.79. The van der Waals surface area contributed by atoms with Crippen molar-refractivity contribution >= 4 is 35.4 Å². The zero-order chi connectivity index (χ0) is 34.5. The summed E-state index contributed by atoms with van der Waals surface area (Å²) in [6.45, 7) is 4.57. The van der Waals surface area contributed by atoms with E-state index in [0.29, 0.717) is 18.3 Å². The van der Waals surface area contributed by atoms with Crippen LogP contribution in [0.25, 0.3) is 0 Å². The molecule has 0 radical (unpaired) electrons. The summed E-state index contributed by atoms with van der Waals surface area (Å²) < 4.78 is 0. The number of aliphatic hydroxyl groups is 1. The highest BCUT2D eigenvalue weighted by Crippen LogP contribution is 2.46. The molecule has 3 aliphatic heterocycles. The number of aryl methyl sites for hydroxylation is 1. The molecule has 0 bridgehead atoms. The quantitative estimate of drug-likeness (QED) is 0.216. The Hall–Kier alpha value is -4.33. The Morgan fingerprint density at radius 2 is 1.54 bits per heavy atom. The van der Waals surface area contributed by atoms with Crippen molar-refractivity contribution in [1.82, 2.24) is 15.5 Å². The normalized spacial score (nSPS) is 21.1. The highest BCUT2D eigenvalue weighted by molar-refractivity contribution is 6.03. The molecule has 0 aromatic heterocycles. The van der Waals surface area contributed by atoms with Gasteiger partial charge < -0.3 is 36.0 Å². The fourth-order valence-corrected chi connectivity index (χ4v) is 7.56. The second-order valence-electron chi connectivity index (χ2n) is 13.3. The molecule has 2 fully saturated rings. The van der Waals surface area contributed by atoms with Crippen molar-refractivity contribution in [3.05, 3.63) is 65.2 Å². The zero-order valence-corrected chi connectivity index (χ0v) is 26.9. The van der Waals surface area contributed by atoms with Gasteiger partial charge in [-0.15, -0.1) is 0 Å². The highest BCUT2D eigenvalue weighted by atomic mass is 16.4. The maximum absolute atomic E-state index is 13.5. The van der Waals surface area contributed by atoms with Gasteiger partial charge in [-0.25, -0.2) is 4.79 Å². The topological polar surface area (TPSA) is 197 Å². The minimum absolute atomic E-state index is 0.0249. The molecular weight excluding hydrogens is 620 g/mol. The van der Waals surface area contributed by atoms with Gasteiger partial charge in [0.05, 0.1) is 12.8 Å². The number of carboxylic acids is 3. The molecule has 6 N–H and O–H groups in total. The molecule has 1 spiro atoms. The molecule has 13 heteroatoms. The van der Waals surface area contributed by atoms with Gasteiger partial charge in [-0.2, -0.15) is 0 Å². The lowest BCUT2D eigenvalue weighted by atomic mass is 9.74. The maximum Gasteiger partial charge on any atom is 0.336 e. The number of aliphatic carboxylic acids is 3. The number of nitrogens with one attached hydrogen (secondary N) is 2. The fraction of sp³-hybridized carbons (Fsp3) is 0.514. The lowest BCUT2D eigenvalue weighted by Crippen LogP contribution is -2.51.